The van der Waals surface area contributed by atoms with E-state index in [1.807, 2.05) is 32.4 Å². The van der Waals surface area contributed by atoms with Crippen molar-refractivity contribution in [1.82, 2.24) is 4.67 Å². The summed E-state index contributed by atoms with van der Waals surface area (Å²) in [5.41, 5.74) is 0. The molecule has 0 radical (unpaired) electrons. The molecule has 0 spiro atoms. The van der Waals surface area contributed by atoms with Gasteiger partial charge in [0, 0.05) is 19.2 Å². The zero-order valence-corrected chi connectivity index (χ0v) is 11.7. The fourth-order valence-corrected chi connectivity index (χ4v) is 5.02. The lowest BCUT2D eigenvalue weighted by atomic mass is 10.3. The summed E-state index contributed by atoms with van der Waals surface area (Å²) in [7, 11) is -3.73. The van der Waals surface area contributed by atoms with Crippen LogP contribution in [0, 0.1) is 0 Å². The summed E-state index contributed by atoms with van der Waals surface area (Å²) in [4.78, 5) is 17.9. The second-order valence-electron chi connectivity index (χ2n) is 3.91. The number of rotatable bonds is 6. The monoisotopic (exact) mass is 257 g/mol. The molecule has 1 unspecified atom stereocenters. The molecule has 0 bridgehead atoms. The fourth-order valence-electron chi connectivity index (χ4n) is 1.49. The number of hydrogen-bond acceptors (Lipinski definition) is 3. The molecule has 0 aliphatic heterocycles. The molecule has 7 heteroatoms. The summed E-state index contributed by atoms with van der Waals surface area (Å²) in [5.74, 6) is -0.199. The molecule has 0 aromatic rings. The van der Waals surface area contributed by atoms with Crippen LogP contribution in [0.4, 0.5) is 0 Å². The lowest BCUT2D eigenvalue weighted by Crippen LogP contribution is -2.33. The lowest BCUT2D eigenvalue weighted by molar-refractivity contribution is 0.279. The van der Waals surface area contributed by atoms with E-state index in [1.165, 1.54) is 7.11 Å². The van der Waals surface area contributed by atoms with Crippen LogP contribution in [0.1, 0.15) is 27.7 Å². The minimum absolute atomic E-state index is 0.199. The van der Waals surface area contributed by atoms with E-state index >= 15 is 0 Å². The van der Waals surface area contributed by atoms with Crippen molar-refractivity contribution >= 4 is 15.9 Å². The van der Waals surface area contributed by atoms with Gasteiger partial charge in [-0.15, -0.1) is 0 Å². The predicted molar refractivity (Wildman–Crippen MR) is 63.0 cm³/mol. The molecule has 0 saturated carbocycles. The third-order valence-electron chi connectivity index (χ3n) is 1.83. The van der Waals surface area contributed by atoms with Crippen molar-refractivity contribution in [1.29, 1.82) is 0 Å². The Morgan fingerprint density at radius 3 is 1.87 bits per heavy atom. The van der Waals surface area contributed by atoms with Crippen molar-refractivity contribution in [3.8, 4) is 0 Å². The molecule has 0 saturated heterocycles. The van der Waals surface area contributed by atoms with Crippen LogP contribution in [-0.4, -0.2) is 39.6 Å². The molecule has 0 aromatic heterocycles. The second kappa shape index (κ2) is 6.29. The highest BCUT2D eigenvalue weighted by Gasteiger charge is 2.30. The molecular formula is C8H21NO4P2. The molecule has 0 aliphatic rings. The highest BCUT2D eigenvalue weighted by atomic mass is 31.2. The van der Waals surface area contributed by atoms with Gasteiger partial charge in [0.05, 0.1) is 0 Å². The molecule has 0 aromatic carbocycles. The van der Waals surface area contributed by atoms with Crippen LogP contribution in [0.5, 0.6) is 0 Å². The van der Waals surface area contributed by atoms with Crippen LogP contribution in [-0.2, 0) is 9.09 Å². The lowest BCUT2D eigenvalue weighted by Gasteiger charge is -2.36. The Labute approximate surface area is 92.9 Å². The van der Waals surface area contributed by atoms with E-state index < -0.39 is 15.9 Å². The Hall–Kier alpha value is 0.500. The summed E-state index contributed by atoms with van der Waals surface area (Å²) in [6.07, 6.45) is 0. The Morgan fingerprint density at radius 1 is 1.27 bits per heavy atom. The van der Waals surface area contributed by atoms with Gasteiger partial charge < -0.3 is 14.3 Å². The average molecular weight is 257 g/mol. The summed E-state index contributed by atoms with van der Waals surface area (Å²) < 4.78 is 18.2. The van der Waals surface area contributed by atoms with E-state index in [9.17, 15) is 4.57 Å². The van der Waals surface area contributed by atoms with Gasteiger partial charge in [-0.2, -0.15) is 0 Å². The van der Waals surface area contributed by atoms with Gasteiger partial charge in [0.25, 0.3) is 0 Å². The topological polar surface area (TPSA) is 70.0 Å². The second-order valence-corrected chi connectivity index (χ2v) is 7.90. The van der Waals surface area contributed by atoms with E-state index in [2.05, 4.69) is 0 Å². The van der Waals surface area contributed by atoms with E-state index in [4.69, 9.17) is 14.3 Å². The largest absolute Gasteiger partial charge is 0.346 e. The van der Waals surface area contributed by atoms with Gasteiger partial charge >= 0.3 is 7.60 Å². The number of hydrogen-bond donors (Lipinski definition) is 2. The third kappa shape index (κ3) is 5.96. The van der Waals surface area contributed by atoms with Crippen molar-refractivity contribution in [2.75, 3.05) is 13.0 Å². The van der Waals surface area contributed by atoms with Crippen LogP contribution in [0.15, 0.2) is 0 Å². The molecule has 0 aliphatic carbocycles. The van der Waals surface area contributed by atoms with E-state index in [0.717, 1.165) is 0 Å². The van der Waals surface area contributed by atoms with Crippen molar-refractivity contribution in [3.63, 3.8) is 0 Å². The third-order valence-corrected chi connectivity index (χ3v) is 6.13. The van der Waals surface area contributed by atoms with Gasteiger partial charge in [0.2, 0.25) is 0 Å². The van der Waals surface area contributed by atoms with Crippen LogP contribution in [0.2, 0.25) is 0 Å². The van der Waals surface area contributed by atoms with E-state index in [-0.39, 0.29) is 18.0 Å². The minimum atomic E-state index is -4.01. The van der Waals surface area contributed by atoms with E-state index in [1.54, 1.807) is 0 Å². The Balaban J connectivity index is 4.68. The quantitative estimate of drug-likeness (QED) is 0.714. The van der Waals surface area contributed by atoms with Crippen LogP contribution < -0.4 is 0 Å². The maximum absolute atomic E-state index is 11.0. The highest BCUT2D eigenvalue weighted by molar-refractivity contribution is 7.68. The molecule has 1 atom stereocenters. The van der Waals surface area contributed by atoms with Crippen LogP contribution in [0.3, 0.4) is 0 Å². The summed E-state index contributed by atoms with van der Waals surface area (Å²) in [6.45, 7) is 7.98. The zero-order chi connectivity index (χ0) is 12.2. The Kier molecular flexibility index (Phi) is 6.50. The molecule has 15 heavy (non-hydrogen) atoms. The van der Waals surface area contributed by atoms with Gasteiger partial charge in [0.15, 0.2) is 0 Å². The van der Waals surface area contributed by atoms with Crippen molar-refractivity contribution in [3.05, 3.63) is 0 Å². The summed E-state index contributed by atoms with van der Waals surface area (Å²) in [5, 5.41) is 0. The zero-order valence-electron chi connectivity index (χ0n) is 9.91. The maximum Gasteiger partial charge on any atom is 0.333 e. The van der Waals surface area contributed by atoms with Gasteiger partial charge in [0.1, 0.15) is 14.2 Å². The standard InChI is InChI=1S/C8H21NO4P2/c1-7(2)9(8(3)4)14(13-5)6-15(10,11)12/h7-8H,6H2,1-5H3,(H2,10,11,12). The van der Waals surface area contributed by atoms with E-state index in [0.29, 0.717) is 0 Å². The van der Waals surface area contributed by atoms with Crippen LogP contribution in [0.25, 0.3) is 0 Å². The van der Waals surface area contributed by atoms with Gasteiger partial charge in [-0.05, 0) is 27.7 Å². The molecule has 92 valence electrons. The van der Waals surface area contributed by atoms with Crippen molar-refractivity contribution in [2.45, 2.75) is 39.8 Å². The SMILES string of the molecule is COP(CP(=O)(O)O)N(C(C)C)C(C)C. The predicted octanol–water partition coefficient (Wildman–Crippen LogP) is 2.20. The normalized spacial score (nSPS) is 15.3. The average Bonchev–Trinajstić information content (AvgIpc) is 1.98. The minimum Gasteiger partial charge on any atom is -0.346 e. The molecule has 5 nitrogen and oxygen atoms in total. The molecule has 0 heterocycles. The fraction of sp³-hybridized carbons (Fsp3) is 1.00. The first-order valence-electron chi connectivity index (χ1n) is 4.83. The molecule has 2 N–H and O–H groups in total. The molecular weight excluding hydrogens is 236 g/mol. The van der Waals surface area contributed by atoms with Gasteiger partial charge in [-0.25, -0.2) is 0 Å². The Bertz CT molecular complexity index is 221. The van der Waals surface area contributed by atoms with Crippen molar-refractivity contribution < 1.29 is 18.9 Å². The summed E-state index contributed by atoms with van der Waals surface area (Å²) in [6, 6.07) is 0.422. The first kappa shape index (κ1) is 15.5. The smallest absolute Gasteiger partial charge is 0.333 e. The number of nitrogens with zero attached hydrogens (tertiary/aromatic N) is 1. The van der Waals surface area contributed by atoms with Crippen molar-refractivity contribution in [2.24, 2.45) is 0 Å². The maximum atomic E-state index is 11.0. The first-order chi connectivity index (χ1) is 6.69. The highest BCUT2D eigenvalue weighted by Crippen LogP contribution is 2.55. The summed E-state index contributed by atoms with van der Waals surface area (Å²) >= 11 is 0. The molecule has 0 fully saturated rings. The first-order valence-corrected chi connectivity index (χ1v) is 8.03. The van der Waals surface area contributed by atoms with Gasteiger partial charge in [-0.3, -0.25) is 9.24 Å². The Morgan fingerprint density at radius 2 is 1.67 bits per heavy atom. The van der Waals surface area contributed by atoms with Gasteiger partial charge in [-0.1, -0.05) is 0 Å². The molecule has 0 amide bonds. The molecule has 0 rings (SSSR count). The van der Waals surface area contributed by atoms with Crippen LogP contribution >= 0.6 is 15.9 Å².